The van der Waals surface area contributed by atoms with E-state index in [1.165, 1.54) is 18.2 Å². The second-order valence-electron chi connectivity index (χ2n) is 4.32. The van der Waals surface area contributed by atoms with Crippen LogP contribution >= 0.6 is 0 Å². The molecule has 0 aromatic heterocycles. The number of nitrogens with two attached hydrogens (primary N) is 1. The van der Waals surface area contributed by atoms with Gasteiger partial charge < -0.3 is 10.6 Å². The molecule has 0 fully saturated rings. The first-order valence-corrected chi connectivity index (χ1v) is 5.22. The second kappa shape index (κ2) is 4.96. The normalized spacial score (nSPS) is 10.6. The van der Waals surface area contributed by atoms with Gasteiger partial charge in [0.05, 0.1) is 5.69 Å². The Morgan fingerprint density at radius 2 is 2.12 bits per heavy atom. The van der Waals surface area contributed by atoms with Gasteiger partial charge in [0.25, 0.3) is 5.91 Å². The summed E-state index contributed by atoms with van der Waals surface area (Å²) in [6.45, 7) is 4.69. The number of carbonyl (C=O) groups excluding carboxylic acids is 1. The van der Waals surface area contributed by atoms with Gasteiger partial charge in [0.15, 0.2) is 0 Å². The third-order valence-corrected chi connectivity index (χ3v) is 2.23. The first-order valence-electron chi connectivity index (χ1n) is 5.22. The SMILES string of the molecule is CC(C)CN(C)C(=O)c1ccc(N)c(F)c1. The first-order chi connectivity index (χ1) is 7.41. The number of carbonyl (C=O) groups is 1. The second-order valence-corrected chi connectivity index (χ2v) is 4.32. The van der Waals surface area contributed by atoms with Crippen LogP contribution in [0.15, 0.2) is 18.2 Å². The highest BCUT2D eigenvalue weighted by Crippen LogP contribution is 2.13. The fraction of sp³-hybridized carbons (Fsp3) is 0.417. The number of nitrogens with zero attached hydrogens (tertiary/aromatic N) is 1. The smallest absolute Gasteiger partial charge is 0.253 e. The number of hydrogen-bond donors (Lipinski definition) is 1. The van der Waals surface area contributed by atoms with Crippen molar-refractivity contribution in [2.24, 2.45) is 5.92 Å². The maximum atomic E-state index is 13.2. The van der Waals surface area contributed by atoms with Crippen molar-refractivity contribution in [3.63, 3.8) is 0 Å². The lowest BCUT2D eigenvalue weighted by Gasteiger charge is -2.19. The standard InChI is InChI=1S/C12H17FN2O/c1-8(2)7-15(3)12(16)9-4-5-11(14)10(13)6-9/h4-6,8H,7,14H2,1-3H3. The van der Waals surface area contributed by atoms with Gasteiger partial charge in [-0.25, -0.2) is 4.39 Å². The number of amides is 1. The number of hydrogen-bond acceptors (Lipinski definition) is 2. The number of benzene rings is 1. The zero-order valence-corrected chi connectivity index (χ0v) is 9.83. The molecule has 0 spiro atoms. The minimum absolute atomic E-state index is 0.0584. The summed E-state index contributed by atoms with van der Waals surface area (Å²) in [7, 11) is 1.70. The Morgan fingerprint density at radius 1 is 1.50 bits per heavy atom. The average molecular weight is 224 g/mol. The molecule has 0 aliphatic carbocycles. The summed E-state index contributed by atoms with van der Waals surface area (Å²) in [6.07, 6.45) is 0. The summed E-state index contributed by atoms with van der Waals surface area (Å²) in [5.74, 6) is -0.357. The number of anilines is 1. The summed E-state index contributed by atoms with van der Waals surface area (Å²) < 4.78 is 13.2. The Morgan fingerprint density at radius 3 is 2.62 bits per heavy atom. The summed E-state index contributed by atoms with van der Waals surface area (Å²) >= 11 is 0. The van der Waals surface area contributed by atoms with Crippen LogP contribution < -0.4 is 5.73 Å². The predicted molar refractivity (Wildman–Crippen MR) is 62.6 cm³/mol. The zero-order chi connectivity index (χ0) is 12.3. The highest BCUT2D eigenvalue weighted by molar-refractivity contribution is 5.94. The van der Waals surface area contributed by atoms with Crippen molar-refractivity contribution in [3.05, 3.63) is 29.6 Å². The van der Waals surface area contributed by atoms with E-state index in [0.29, 0.717) is 18.0 Å². The van der Waals surface area contributed by atoms with Gasteiger partial charge in [-0.2, -0.15) is 0 Å². The molecular weight excluding hydrogens is 207 g/mol. The Labute approximate surface area is 95.0 Å². The Balaban J connectivity index is 2.84. The highest BCUT2D eigenvalue weighted by Gasteiger charge is 2.13. The molecule has 1 rings (SSSR count). The van der Waals surface area contributed by atoms with Crippen LogP contribution in [0.3, 0.4) is 0 Å². The van der Waals surface area contributed by atoms with E-state index in [0.717, 1.165) is 0 Å². The third-order valence-electron chi connectivity index (χ3n) is 2.23. The lowest BCUT2D eigenvalue weighted by molar-refractivity contribution is 0.0778. The van der Waals surface area contributed by atoms with Crippen molar-refractivity contribution >= 4 is 11.6 Å². The van der Waals surface area contributed by atoms with Crippen molar-refractivity contribution in [2.75, 3.05) is 19.3 Å². The summed E-state index contributed by atoms with van der Waals surface area (Å²) in [5, 5.41) is 0. The molecule has 0 radical (unpaired) electrons. The number of rotatable bonds is 3. The highest BCUT2D eigenvalue weighted by atomic mass is 19.1. The summed E-state index contributed by atoms with van der Waals surface area (Å²) in [4.78, 5) is 13.4. The van der Waals surface area contributed by atoms with Crippen LogP contribution in [0.1, 0.15) is 24.2 Å². The fourth-order valence-corrected chi connectivity index (χ4v) is 1.51. The largest absolute Gasteiger partial charge is 0.396 e. The van der Waals surface area contributed by atoms with Crippen LogP contribution in [0.5, 0.6) is 0 Å². The van der Waals surface area contributed by atoms with Crippen LogP contribution in [0.25, 0.3) is 0 Å². The predicted octanol–water partition coefficient (Wildman–Crippen LogP) is 2.14. The maximum absolute atomic E-state index is 13.2. The lowest BCUT2D eigenvalue weighted by atomic mass is 10.1. The molecule has 0 atom stereocenters. The molecule has 0 aliphatic heterocycles. The molecule has 0 saturated carbocycles. The van der Waals surface area contributed by atoms with Gasteiger partial charge in [-0.05, 0) is 24.1 Å². The molecule has 1 amide bonds. The molecular formula is C12H17FN2O. The van der Waals surface area contributed by atoms with Gasteiger partial charge in [0, 0.05) is 19.2 Å². The van der Waals surface area contributed by atoms with Crippen LogP contribution in [-0.2, 0) is 0 Å². The molecule has 4 heteroatoms. The molecule has 0 heterocycles. The van der Waals surface area contributed by atoms with E-state index < -0.39 is 5.82 Å². The molecule has 0 saturated heterocycles. The minimum Gasteiger partial charge on any atom is -0.396 e. The molecule has 1 aromatic carbocycles. The van der Waals surface area contributed by atoms with Crippen molar-refractivity contribution in [3.8, 4) is 0 Å². The zero-order valence-electron chi connectivity index (χ0n) is 9.83. The molecule has 16 heavy (non-hydrogen) atoms. The molecule has 3 nitrogen and oxygen atoms in total. The topological polar surface area (TPSA) is 46.3 Å². The molecule has 88 valence electrons. The van der Waals surface area contributed by atoms with Gasteiger partial charge in [-0.3, -0.25) is 4.79 Å². The molecule has 0 unspecified atom stereocenters. The summed E-state index contributed by atoms with van der Waals surface area (Å²) in [5.41, 5.74) is 5.73. The van der Waals surface area contributed by atoms with E-state index in [1.54, 1.807) is 11.9 Å². The van der Waals surface area contributed by atoms with Crippen molar-refractivity contribution in [1.29, 1.82) is 0 Å². The molecule has 0 bridgehead atoms. The van der Waals surface area contributed by atoms with Crippen LogP contribution in [-0.4, -0.2) is 24.4 Å². The minimum atomic E-state index is -0.552. The van der Waals surface area contributed by atoms with Crippen LogP contribution in [0.4, 0.5) is 10.1 Å². The summed E-state index contributed by atoms with van der Waals surface area (Å²) in [6, 6.07) is 4.12. The molecule has 0 aliphatic rings. The van der Waals surface area contributed by atoms with E-state index in [2.05, 4.69) is 0 Å². The van der Waals surface area contributed by atoms with Crippen LogP contribution in [0.2, 0.25) is 0 Å². The average Bonchev–Trinajstić information content (AvgIpc) is 2.20. The van der Waals surface area contributed by atoms with Crippen molar-refractivity contribution in [2.45, 2.75) is 13.8 Å². The van der Waals surface area contributed by atoms with E-state index in [-0.39, 0.29) is 11.6 Å². The van der Waals surface area contributed by atoms with E-state index in [9.17, 15) is 9.18 Å². The maximum Gasteiger partial charge on any atom is 0.253 e. The lowest BCUT2D eigenvalue weighted by Crippen LogP contribution is -2.30. The fourth-order valence-electron chi connectivity index (χ4n) is 1.51. The third kappa shape index (κ3) is 2.95. The number of halogens is 1. The van der Waals surface area contributed by atoms with E-state index in [4.69, 9.17) is 5.73 Å². The Bertz CT molecular complexity index is 391. The monoisotopic (exact) mass is 224 g/mol. The number of nitrogen functional groups attached to an aromatic ring is 1. The van der Waals surface area contributed by atoms with Crippen LogP contribution in [0, 0.1) is 11.7 Å². The Hall–Kier alpha value is -1.58. The van der Waals surface area contributed by atoms with Gasteiger partial charge >= 0.3 is 0 Å². The van der Waals surface area contributed by atoms with E-state index in [1.807, 2.05) is 13.8 Å². The Kier molecular flexibility index (Phi) is 3.88. The van der Waals surface area contributed by atoms with Gasteiger partial charge in [0.2, 0.25) is 0 Å². The van der Waals surface area contributed by atoms with E-state index >= 15 is 0 Å². The van der Waals surface area contributed by atoms with Gasteiger partial charge in [-0.1, -0.05) is 13.8 Å². The van der Waals surface area contributed by atoms with Gasteiger partial charge in [-0.15, -0.1) is 0 Å². The van der Waals surface area contributed by atoms with Gasteiger partial charge in [0.1, 0.15) is 5.82 Å². The van der Waals surface area contributed by atoms with Crippen molar-refractivity contribution < 1.29 is 9.18 Å². The molecule has 1 aromatic rings. The quantitative estimate of drug-likeness (QED) is 0.799. The molecule has 2 N–H and O–H groups in total. The first kappa shape index (κ1) is 12.5. The van der Waals surface area contributed by atoms with Crippen molar-refractivity contribution in [1.82, 2.24) is 4.90 Å².